The summed E-state index contributed by atoms with van der Waals surface area (Å²) in [6.07, 6.45) is 2.00. The Bertz CT molecular complexity index is 137. The van der Waals surface area contributed by atoms with Crippen molar-refractivity contribution in [1.82, 2.24) is 0 Å². The zero-order valence-electron chi connectivity index (χ0n) is 8.94. The van der Waals surface area contributed by atoms with Crippen molar-refractivity contribution in [1.29, 1.82) is 0 Å². The molecule has 0 aliphatic carbocycles. The minimum atomic E-state index is -0.933. The Kier molecular flexibility index (Phi) is 11.8. The molecule has 5 nitrogen and oxygen atoms in total. The van der Waals surface area contributed by atoms with Crippen LogP contribution in [-0.4, -0.2) is 34.9 Å². The monoisotopic (exact) mass is 206 g/mol. The van der Waals surface area contributed by atoms with Gasteiger partial charge in [-0.05, 0) is 33.2 Å². The summed E-state index contributed by atoms with van der Waals surface area (Å²) in [5.74, 6) is -0.933. The fourth-order valence-electron chi connectivity index (χ4n) is 0.632. The van der Waals surface area contributed by atoms with E-state index in [9.17, 15) is 4.79 Å². The summed E-state index contributed by atoms with van der Waals surface area (Å²) in [5.41, 5.74) is 10.4. The second-order valence-corrected chi connectivity index (χ2v) is 3.32. The summed E-state index contributed by atoms with van der Waals surface area (Å²) in [4.78, 5) is 10.1. The van der Waals surface area contributed by atoms with Gasteiger partial charge in [0.2, 0.25) is 0 Å². The molecule has 0 bridgehead atoms. The van der Waals surface area contributed by atoms with Crippen LogP contribution >= 0.6 is 0 Å². The number of rotatable bonds is 5. The molecule has 0 spiro atoms. The normalized spacial score (nSPS) is 11.9. The SMILES string of the molecule is CC(C)O.NCCCCC(N)C(=O)O. The molecule has 0 fully saturated rings. The van der Waals surface area contributed by atoms with E-state index in [1.165, 1.54) is 0 Å². The van der Waals surface area contributed by atoms with E-state index in [0.29, 0.717) is 13.0 Å². The summed E-state index contributed by atoms with van der Waals surface area (Å²) in [6.45, 7) is 4.05. The number of carbonyl (C=O) groups is 1. The Hall–Kier alpha value is -0.650. The van der Waals surface area contributed by atoms with Crippen LogP contribution in [-0.2, 0) is 4.79 Å². The van der Waals surface area contributed by atoms with Crippen LogP contribution in [0.3, 0.4) is 0 Å². The fourth-order valence-corrected chi connectivity index (χ4v) is 0.632. The van der Waals surface area contributed by atoms with Crippen LogP contribution in [0.1, 0.15) is 33.1 Å². The van der Waals surface area contributed by atoms with Crippen molar-refractivity contribution in [3.05, 3.63) is 0 Å². The van der Waals surface area contributed by atoms with E-state index in [1.54, 1.807) is 13.8 Å². The molecule has 0 radical (unpaired) electrons. The molecular formula is C9H22N2O3. The highest BCUT2D eigenvalue weighted by molar-refractivity contribution is 5.72. The lowest BCUT2D eigenvalue weighted by Gasteiger charge is -2.03. The van der Waals surface area contributed by atoms with Gasteiger partial charge in [-0.3, -0.25) is 4.79 Å². The van der Waals surface area contributed by atoms with E-state index in [1.807, 2.05) is 0 Å². The lowest BCUT2D eigenvalue weighted by molar-refractivity contribution is -0.138. The first-order valence-electron chi connectivity index (χ1n) is 4.78. The second kappa shape index (κ2) is 10.4. The second-order valence-electron chi connectivity index (χ2n) is 3.32. The quantitative estimate of drug-likeness (QED) is 0.470. The number of hydrogen-bond acceptors (Lipinski definition) is 4. The lowest BCUT2D eigenvalue weighted by atomic mass is 10.1. The van der Waals surface area contributed by atoms with E-state index in [4.69, 9.17) is 21.7 Å². The maximum absolute atomic E-state index is 10.1. The number of carboxylic acids is 1. The molecule has 0 rings (SSSR count). The van der Waals surface area contributed by atoms with E-state index >= 15 is 0 Å². The zero-order valence-corrected chi connectivity index (χ0v) is 8.94. The third-order valence-corrected chi connectivity index (χ3v) is 1.29. The topological polar surface area (TPSA) is 110 Å². The van der Waals surface area contributed by atoms with Crippen molar-refractivity contribution in [2.45, 2.75) is 45.3 Å². The number of aliphatic carboxylic acids is 1. The van der Waals surface area contributed by atoms with Gasteiger partial charge in [0.05, 0.1) is 0 Å². The van der Waals surface area contributed by atoms with Gasteiger partial charge in [0, 0.05) is 6.10 Å². The Morgan fingerprint density at radius 2 is 1.79 bits per heavy atom. The number of aliphatic hydroxyl groups excluding tert-OH is 1. The molecule has 0 amide bonds. The molecule has 0 heterocycles. The van der Waals surface area contributed by atoms with Crippen molar-refractivity contribution >= 4 is 5.97 Å². The number of unbranched alkanes of at least 4 members (excludes halogenated alkanes) is 1. The smallest absolute Gasteiger partial charge is 0.320 e. The van der Waals surface area contributed by atoms with Gasteiger partial charge in [0.25, 0.3) is 0 Å². The van der Waals surface area contributed by atoms with Gasteiger partial charge in [0.1, 0.15) is 6.04 Å². The lowest BCUT2D eigenvalue weighted by Crippen LogP contribution is -2.29. The van der Waals surface area contributed by atoms with E-state index in [-0.39, 0.29) is 6.10 Å². The highest BCUT2D eigenvalue weighted by Gasteiger charge is 2.09. The molecule has 1 unspecified atom stereocenters. The van der Waals surface area contributed by atoms with Crippen LogP contribution in [0.4, 0.5) is 0 Å². The zero-order chi connectivity index (χ0) is 11.6. The molecule has 0 aliphatic heterocycles. The van der Waals surface area contributed by atoms with Crippen LogP contribution in [0, 0.1) is 0 Å². The molecule has 14 heavy (non-hydrogen) atoms. The van der Waals surface area contributed by atoms with Gasteiger partial charge in [-0.25, -0.2) is 0 Å². The Morgan fingerprint density at radius 3 is 2.07 bits per heavy atom. The highest BCUT2D eigenvalue weighted by atomic mass is 16.4. The third-order valence-electron chi connectivity index (χ3n) is 1.29. The minimum absolute atomic E-state index is 0.167. The first-order chi connectivity index (χ1) is 6.41. The molecule has 0 saturated heterocycles. The summed E-state index contributed by atoms with van der Waals surface area (Å²) < 4.78 is 0. The molecule has 0 saturated carbocycles. The molecule has 1 atom stereocenters. The molecule has 86 valence electrons. The summed E-state index contributed by atoms with van der Waals surface area (Å²) >= 11 is 0. The van der Waals surface area contributed by atoms with Crippen LogP contribution in [0.25, 0.3) is 0 Å². The van der Waals surface area contributed by atoms with Crippen LogP contribution in [0.5, 0.6) is 0 Å². The molecule has 0 aliphatic rings. The average Bonchev–Trinajstić information content (AvgIpc) is 2.03. The molecule has 0 aromatic heterocycles. The Morgan fingerprint density at radius 1 is 1.36 bits per heavy atom. The molecule has 5 heteroatoms. The standard InChI is InChI=1S/C6H14N2O2.C3H8O/c7-4-2-1-3-5(8)6(9)10;1-3(2)4/h5H,1-4,7-8H2,(H,9,10);3-4H,1-2H3. The van der Waals surface area contributed by atoms with Gasteiger partial charge < -0.3 is 21.7 Å². The maximum Gasteiger partial charge on any atom is 0.320 e. The van der Waals surface area contributed by atoms with Gasteiger partial charge in [0.15, 0.2) is 0 Å². The van der Waals surface area contributed by atoms with Crippen molar-refractivity contribution in [3.8, 4) is 0 Å². The molecular weight excluding hydrogens is 184 g/mol. The number of hydrogen-bond donors (Lipinski definition) is 4. The van der Waals surface area contributed by atoms with Crippen LogP contribution in [0.15, 0.2) is 0 Å². The maximum atomic E-state index is 10.1. The number of aliphatic hydroxyl groups is 1. The number of carboxylic acid groups (broad SMARTS) is 1. The van der Waals surface area contributed by atoms with Gasteiger partial charge >= 0.3 is 5.97 Å². The first kappa shape index (κ1) is 15.8. The minimum Gasteiger partial charge on any atom is -0.480 e. The van der Waals surface area contributed by atoms with Gasteiger partial charge in [-0.1, -0.05) is 6.42 Å². The summed E-state index contributed by atoms with van der Waals surface area (Å²) in [6, 6.07) is -0.716. The van der Waals surface area contributed by atoms with Gasteiger partial charge in [-0.15, -0.1) is 0 Å². The van der Waals surface area contributed by atoms with Crippen LogP contribution < -0.4 is 11.5 Å². The predicted octanol–water partition coefficient (Wildman–Crippen LogP) is -0.0856. The molecule has 6 N–H and O–H groups in total. The Labute approximate surface area is 85.1 Å². The van der Waals surface area contributed by atoms with Crippen molar-refractivity contribution in [3.63, 3.8) is 0 Å². The highest BCUT2D eigenvalue weighted by Crippen LogP contribution is 1.96. The largest absolute Gasteiger partial charge is 0.480 e. The summed E-state index contributed by atoms with van der Waals surface area (Å²) in [5, 5.41) is 16.4. The molecule has 0 aromatic rings. The van der Waals surface area contributed by atoms with E-state index < -0.39 is 12.0 Å². The van der Waals surface area contributed by atoms with Crippen molar-refractivity contribution in [2.24, 2.45) is 11.5 Å². The van der Waals surface area contributed by atoms with E-state index in [2.05, 4.69) is 0 Å². The van der Waals surface area contributed by atoms with E-state index in [0.717, 1.165) is 12.8 Å². The van der Waals surface area contributed by atoms with Crippen molar-refractivity contribution in [2.75, 3.05) is 6.54 Å². The average molecular weight is 206 g/mol. The van der Waals surface area contributed by atoms with Crippen molar-refractivity contribution < 1.29 is 15.0 Å². The fraction of sp³-hybridized carbons (Fsp3) is 0.889. The first-order valence-corrected chi connectivity index (χ1v) is 4.78. The van der Waals surface area contributed by atoms with Gasteiger partial charge in [-0.2, -0.15) is 0 Å². The third kappa shape index (κ3) is 17.4. The number of nitrogens with two attached hydrogens (primary N) is 2. The predicted molar refractivity (Wildman–Crippen MR) is 55.9 cm³/mol. The molecule has 0 aromatic carbocycles. The van der Waals surface area contributed by atoms with Crippen LogP contribution in [0.2, 0.25) is 0 Å². The summed E-state index contributed by atoms with van der Waals surface area (Å²) in [7, 11) is 0. The Balaban J connectivity index is 0.